The fourth-order valence-electron chi connectivity index (χ4n) is 2.07. The van der Waals surface area contributed by atoms with Gasteiger partial charge in [0, 0.05) is 33.4 Å². The van der Waals surface area contributed by atoms with Gasteiger partial charge in [0.1, 0.15) is 0 Å². The highest BCUT2D eigenvalue weighted by molar-refractivity contribution is 9.11. The van der Waals surface area contributed by atoms with Crippen molar-refractivity contribution in [3.63, 3.8) is 0 Å². The fraction of sp³-hybridized carbons (Fsp3) is 0.267. The Kier molecular flexibility index (Phi) is 5.13. The molecule has 0 bridgehead atoms. The number of rotatable bonds is 4. The van der Waals surface area contributed by atoms with Crippen molar-refractivity contribution >= 4 is 31.9 Å². The molecule has 1 N–H and O–H groups in total. The van der Waals surface area contributed by atoms with E-state index in [2.05, 4.69) is 74.2 Å². The summed E-state index contributed by atoms with van der Waals surface area (Å²) < 4.78 is 2.20. The molecule has 1 aromatic carbocycles. The third kappa shape index (κ3) is 3.88. The minimum atomic E-state index is 0.269. The van der Waals surface area contributed by atoms with Gasteiger partial charge < -0.3 is 5.32 Å². The Bertz CT molecular complexity index is 543. The van der Waals surface area contributed by atoms with Crippen LogP contribution in [0, 0.1) is 0 Å². The minimum absolute atomic E-state index is 0.269. The molecule has 0 aliphatic rings. The van der Waals surface area contributed by atoms with Gasteiger partial charge in [-0.05, 0) is 49.2 Å². The number of aromatic nitrogens is 1. The second-order valence-electron chi connectivity index (χ2n) is 4.56. The zero-order chi connectivity index (χ0) is 13.8. The number of nitrogens with zero attached hydrogens (tertiary/aromatic N) is 1. The molecule has 1 aromatic heterocycles. The van der Waals surface area contributed by atoms with Crippen molar-refractivity contribution in [3.8, 4) is 0 Å². The molecule has 0 amide bonds. The molecule has 2 rings (SSSR count). The lowest BCUT2D eigenvalue weighted by atomic mass is 10.1. The van der Waals surface area contributed by atoms with Crippen LogP contribution in [-0.4, -0.2) is 4.98 Å². The van der Waals surface area contributed by atoms with Gasteiger partial charge in [-0.2, -0.15) is 0 Å². The average Bonchev–Trinajstić information content (AvgIpc) is 2.39. The molecular formula is C15H16Br2N2. The molecule has 1 heterocycles. The highest BCUT2D eigenvalue weighted by Gasteiger charge is 2.13. The molecule has 0 aliphatic carbocycles. The predicted molar refractivity (Wildman–Crippen MR) is 86.0 cm³/mol. The van der Waals surface area contributed by atoms with Gasteiger partial charge in [0.25, 0.3) is 0 Å². The number of hydrogen-bond donors (Lipinski definition) is 1. The van der Waals surface area contributed by atoms with Crippen LogP contribution in [0.1, 0.15) is 37.1 Å². The van der Waals surface area contributed by atoms with Crippen molar-refractivity contribution < 1.29 is 0 Å². The average molecular weight is 384 g/mol. The third-order valence-electron chi connectivity index (χ3n) is 3.14. The summed E-state index contributed by atoms with van der Waals surface area (Å²) in [5, 5.41) is 3.60. The molecule has 2 atom stereocenters. The standard InChI is InChI=1S/C15H16Br2N2/c1-10(12-5-7-18-8-6-12)19-11(2)14-4-3-13(16)9-15(14)17/h3-11,19H,1-2H3/t10-,11?/m1/s1. The van der Waals surface area contributed by atoms with Crippen LogP contribution in [0.15, 0.2) is 51.7 Å². The van der Waals surface area contributed by atoms with Gasteiger partial charge in [0.2, 0.25) is 0 Å². The van der Waals surface area contributed by atoms with Crippen LogP contribution in [0.3, 0.4) is 0 Å². The molecule has 0 fully saturated rings. The molecular weight excluding hydrogens is 368 g/mol. The zero-order valence-electron chi connectivity index (χ0n) is 10.9. The lowest BCUT2D eigenvalue weighted by molar-refractivity contribution is 0.493. The fourth-order valence-corrected chi connectivity index (χ4v) is 3.46. The van der Waals surface area contributed by atoms with Crippen molar-refractivity contribution in [2.45, 2.75) is 25.9 Å². The molecule has 0 spiro atoms. The smallest absolute Gasteiger partial charge is 0.0308 e. The zero-order valence-corrected chi connectivity index (χ0v) is 14.1. The number of pyridine rings is 1. The van der Waals surface area contributed by atoms with E-state index in [9.17, 15) is 0 Å². The van der Waals surface area contributed by atoms with Crippen LogP contribution in [0.5, 0.6) is 0 Å². The first-order chi connectivity index (χ1) is 9.08. The molecule has 2 nitrogen and oxygen atoms in total. The minimum Gasteiger partial charge on any atom is -0.304 e. The topological polar surface area (TPSA) is 24.9 Å². The quantitative estimate of drug-likeness (QED) is 0.801. The summed E-state index contributed by atoms with van der Waals surface area (Å²) in [7, 11) is 0. The SMILES string of the molecule is CC(N[C@H](C)c1ccncc1)c1ccc(Br)cc1Br. The lowest BCUT2D eigenvalue weighted by Gasteiger charge is -2.21. The molecule has 0 radical (unpaired) electrons. The Balaban J connectivity index is 2.10. The Morgan fingerprint density at radius 3 is 2.32 bits per heavy atom. The van der Waals surface area contributed by atoms with Crippen LogP contribution >= 0.6 is 31.9 Å². The van der Waals surface area contributed by atoms with Gasteiger partial charge in [0.15, 0.2) is 0 Å². The molecule has 0 saturated carbocycles. The molecule has 0 saturated heterocycles. The van der Waals surface area contributed by atoms with Crippen LogP contribution in [0.2, 0.25) is 0 Å². The summed E-state index contributed by atoms with van der Waals surface area (Å²) in [4.78, 5) is 4.05. The van der Waals surface area contributed by atoms with Crippen LogP contribution < -0.4 is 5.32 Å². The van der Waals surface area contributed by atoms with Gasteiger partial charge in [-0.3, -0.25) is 4.98 Å². The lowest BCUT2D eigenvalue weighted by Crippen LogP contribution is -2.22. The summed E-state index contributed by atoms with van der Waals surface area (Å²) in [5.41, 5.74) is 2.50. The Morgan fingerprint density at radius 1 is 1.00 bits per heavy atom. The van der Waals surface area contributed by atoms with E-state index in [1.165, 1.54) is 11.1 Å². The second kappa shape index (κ2) is 6.64. The Hall–Kier alpha value is -0.710. The van der Waals surface area contributed by atoms with Gasteiger partial charge in [-0.1, -0.05) is 37.9 Å². The summed E-state index contributed by atoms with van der Waals surface area (Å²) >= 11 is 7.09. The maximum atomic E-state index is 4.05. The first kappa shape index (κ1) is 14.7. The molecule has 0 aliphatic heterocycles. The molecule has 4 heteroatoms. The van der Waals surface area contributed by atoms with E-state index >= 15 is 0 Å². The van der Waals surface area contributed by atoms with Gasteiger partial charge in [0.05, 0.1) is 0 Å². The summed E-state index contributed by atoms with van der Waals surface area (Å²) in [6.45, 7) is 4.34. The van der Waals surface area contributed by atoms with E-state index in [1.807, 2.05) is 24.5 Å². The highest BCUT2D eigenvalue weighted by atomic mass is 79.9. The van der Waals surface area contributed by atoms with E-state index in [4.69, 9.17) is 0 Å². The van der Waals surface area contributed by atoms with Crippen molar-refractivity contribution in [3.05, 3.63) is 62.8 Å². The van der Waals surface area contributed by atoms with E-state index in [0.29, 0.717) is 0 Å². The molecule has 2 aromatic rings. The van der Waals surface area contributed by atoms with Crippen molar-refractivity contribution in [1.29, 1.82) is 0 Å². The number of nitrogens with one attached hydrogen (secondary N) is 1. The monoisotopic (exact) mass is 382 g/mol. The number of benzene rings is 1. The van der Waals surface area contributed by atoms with Gasteiger partial charge in [-0.25, -0.2) is 0 Å². The predicted octanol–water partition coefficient (Wildman–Crippen LogP) is 5.02. The number of halogens is 2. The molecule has 1 unspecified atom stereocenters. The molecule has 19 heavy (non-hydrogen) atoms. The largest absolute Gasteiger partial charge is 0.304 e. The van der Waals surface area contributed by atoms with Crippen LogP contribution in [0.4, 0.5) is 0 Å². The van der Waals surface area contributed by atoms with Crippen LogP contribution in [-0.2, 0) is 0 Å². The summed E-state index contributed by atoms with van der Waals surface area (Å²) in [6.07, 6.45) is 3.65. The maximum Gasteiger partial charge on any atom is 0.0308 e. The van der Waals surface area contributed by atoms with Gasteiger partial charge in [-0.15, -0.1) is 0 Å². The second-order valence-corrected chi connectivity index (χ2v) is 6.33. The third-order valence-corrected chi connectivity index (χ3v) is 4.32. The normalized spacial score (nSPS) is 14.1. The Morgan fingerprint density at radius 2 is 1.68 bits per heavy atom. The van der Waals surface area contributed by atoms with E-state index in [0.717, 1.165) is 8.95 Å². The first-order valence-corrected chi connectivity index (χ1v) is 7.77. The van der Waals surface area contributed by atoms with E-state index in [1.54, 1.807) is 0 Å². The van der Waals surface area contributed by atoms with Crippen LogP contribution in [0.25, 0.3) is 0 Å². The summed E-state index contributed by atoms with van der Waals surface area (Å²) in [6, 6.07) is 10.9. The molecule has 100 valence electrons. The Labute approximate surface area is 130 Å². The van der Waals surface area contributed by atoms with Crippen molar-refractivity contribution in [2.24, 2.45) is 0 Å². The van der Waals surface area contributed by atoms with Crippen molar-refractivity contribution in [2.75, 3.05) is 0 Å². The summed E-state index contributed by atoms with van der Waals surface area (Å²) in [5.74, 6) is 0. The highest BCUT2D eigenvalue weighted by Crippen LogP contribution is 2.28. The first-order valence-electron chi connectivity index (χ1n) is 6.19. The van der Waals surface area contributed by atoms with E-state index in [-0.39, 0.29) is 12.1 Å². The number of hydrogen-bond acceptors (Lipinski definition) is 2. The van der Waals surface area contributed by atoms with Gasteiger partial charge >= 0.3 is 0 Å². The maximum absolute atomic E-state index is 4.05. The van der Waals surface area contributed by atoms with E-state index < -0.39 is 0 Å². The van der Waals surface area contributed by atoms with Crippen molar-refractivity contribution in [1.82, 2.24) is 10.3 Å².